The molecule has 1 amide bonds. The van der Waals surface area contributed by atoms with Crippen molar-refractivity contribution >= 4 is 23.4 Å². The topological polar surface area (TPSA) is 114 Å². The Labute approximate surface area is 184 Å². The number of benzene rings is 3. The van der Waals surface area contributed by atoms with Gasteiger partial charge < -0.3 is 14.8 Å². The number of nitro benzene ring substituents is 1. The summed E-state index contributed by atoms with van der Waals surface area (Å²) in [6, 6.07) is 21.8. The van der Waals surface area contributed by atoms with Gasteiger partial charge in [0.25, 0.3) is 11.6 Å². The predicted octanol–water partition coefficient (Wildman–Crippen LogP) is 4.73. The number of carbonyl (C=O) groups excluding carboxylic acids is 1. The molecule has 0 fully saturated rings. The fourth-order valence-corrected chi connectivity index (χ4v) is 2.83. The number of non-ortho nitro benzene ring substituents is 1. The van der Waals surface area contributed by atoms with Crippen LogP contribution >= 0.6 is 0 Å². The van der Waals surface area contributed by atoms with E-state index in [1.165, 1.54) is 25.3 Å². The van der Waals surface area contributed by atoms with Crippen LogP contribution in [-0.4, -0.2) is 17.9 Å². The van der Waals surface area contributed by atoms with Crippen molar-refractivity contribution in [3.05, 3.63) is 99.6 Å². The van der Waals surface area contributed by atoms with Gasteiger partial charge in [-0.25, -0.2) is 0 Å². The van der Waals surface area contributed by atoms with Crippen LogP contribution in [0, 0.1) is 21.4 Å². The van der Waals surface area contributed by atoms with Crippen molar-refractivity contribution in [2.45, 2.75) is 6.61 Å². The number of nitrogens with zero attached hydrogens (tertiary/aromatic N) is 2. The molecule has 0 aliphatic rings. The summed E-state index contributed by atoms with van der Waals surface area (Å²) in [5.41, 5.74) is 1.49. The van der Waals surface area contributed by atoms with Gasteiger partial charge in [-0.15, -0.1) is 0 Å². The lowest BCUT2D eigenvalue weighted by molar-refractivity contribution is -0.384. The highest BCUT2D eigenvalue weighted by atomic mass is 16.6. The molecule has 0 saturated heterocycles. The summed E-state index contributed by atoms with van der Waals surface area (Å²) in [4.78, 5) is 23.0. The average molecular weight is 429 g/mol. The van der Waals surface area contributed by atoms with E-state index in [-0.39, 0.29) is 17.9 Å². The van der Waals surface area contributed by atoms with E-state index in [2.05, 4.69) is 5.32 Å². The Kier molecular flexibility index (Phi) is 7.17. The van der Waals surface area contributed by atoms with Gasteiger partial charge in [0, 0.05) is 29.4 Å². The van der Waals surface area contributed by atoms with Crippen molar-refractivity contribution in [1.29, 1.82) is 5.26 Å². The molecule has 0 unspecified atom stereocenters. The molecule has 8 heteroatoms. The summed E-state index contributed by atoms with van der Waals surface area (Å²) in [7, 11) is 1.50. The minimum atomic E-state index is -0.556. The highest BCUT2D eigenvalue weighted by Crippen LogP contribution is 2.28. The molecule has 1 N–H and O–H groups in total. The second-order valence-corrected chi connectivity index (χ2v) is 6.61. The Bertz CT molecular complexity index is 1200. The largest absolute Gasteiger partial charge is 0.497 e. The first-order chi connectivity index (χ1) is 15.5. The van der Waals surface area contributed by atoms with Crippen molar-refractivity contribution in [1.82, 2.24) is 0 Å². The van der Waals surface area contributed by atoms with E-state index in [1.54, 1.807) is 54.6 Å². The third-order valence-electron chi connectivity index (χ3n) is 4.43. The van der Waals surface area contributed by atoms with Crippen molar-refractivity contribution in [2.75, 3.05) is 12.4 Å². The van der Waals surface area contributed by atoms with Crippen LogP contribution in [0.5, 0.6) is 11.5 Å². The van der Waals surface area contributed by atoms with Gasteiger partial charge in [-0.2, -0.15) is 5.26 Å². The van der Waals surface area contributed by atoms with E-state index in [9.17, 15) is 20.2 Å². The van der Waals surface area contributed by atoms with Crippen molar-refractivity contribution < 1.29 is 19.2 Å². The zero-order valence-electron chi connectivity index (χ0n) is 17.1. The Morgan fingerprint density at radius 3 is 2.59 bits per heavy atom. The van der Waals surface area contributed by atoms with E-state index in [0.717, 1.165) is 0 Å². The first-order valence-electron chi connectivity index (χ1n) is 9.52. The Morgan fingerprint density at radius 2 is 1.91 bits per heavy atom. The quantitative estimate of drug-likeness (QED) is 0.240. The van der Waals surface area contributed by atoms with Crippen LogP contribution in [0.4, 0.5) is 11.4 Å². The molecule has 8 nitrogen and oxygen atoms in total. The Hall–Kier alpha value is -4.64. The van der Waals surface area contributed by atoms with Gasteiger partial charge in [-0.3, -0.25) is 14.9 Å². The normalized spacial score (nSPS) is 10.7. The SMILES string of the molecule is COc1ccc(/C=C(\C#N)C(=O)Nc2ccccc2)c(OCc2cccc([N+](=O)[O-])c2)c1. The zero-order valence-corrected chi connectivity index (χ0v) is 17.1. The van der Waals surface area contributed by atoms with E-state index in [1.807, 2.05) is 12.1 Å². The minimum absolute atomic E-state index is 0.0405. The number of nitrogens with one attached hydrogen (secondary N) is 1. The molecule has 0 aromatic heterocycles. The van der Waals surface area contributed by atoms with Gasteiger partial charge in [0.2, 0.25) is 0 Å². The summed E-state index contributed by atoms with van der Waals surface area (Å²) in [5.74, 6) is 0.318. The minimum Gasteiger partial charge on any atom is -0.497 e. The summed E-state index contributed by atoms with van der Waals surface area (Å²) < 4.78 is 11.1. The number of carbonyl (C=O) groups is 1. The lowest BCUT2D eigenvalue weighted by Crippen LogP contribution is -2.13. The van der Waals surface area contributed by atoms with Gasteiger partial charge in [0.05, 0.1) is 12.0 Å². The molecular weight excluding hydrogens is 410 g/mol. The molecule has 3 aromatic rings. The monoisotopic (exact) mass is 429 g/mol. The number of methoxy groups -OCH3 is 1. The van der Waals surface area contributed by atoms with Gasteiger partial charge in [-0.1, -0.05) is 30.3 Å². The van der Waals surface area contributed by atoms with Crippen molar-refractivity contribution in [3.63, 3.8) is 0 Å². The molecule has 0 atom stereocenters. The molecule has 3 rings (SSSR count). The highest BCUT2D eigenvalue weighted by molar-refractivity contribution is 6.09. The summed E-state index contributed by atoms with van der Waals surface area (Å²) >= 11 is 0. The molecular formula is C24H19N3O5. The molecule has 0 radical (unpaired) electrons. The lowest BCUT2D eigenvalue weighted by atomic mass is 10.1. The number of nitriles is 1. The Morgan fingerprint density at radius 1 is 1.12 bits per heavy atom. The molecule has 0 saturated carbocycles. The van der Waals surface area contributed by atoms with Crippen molar-refractivity contribution in [3.8, 4) is 17.6 Å². The second-order valence-electron chi connectivity index (χ2n) is 6.61. The maximum Gasteiger partial charge on any atom is 0.269 e. The van der Waals surface area contributed by atoms with E-state index in [0.29, 0.717) is 28.3 Å². The predicted molar refractivity (Wildman–Crippen MR) is 119 cm³/mol. The number of anilines is 1. The van der Waals surface area contributed by atoms with Crippen LogP contribution in [0.15, 0.2) is 78.4 Å². The highest BCUT2D eigenvalue weighted by Gasteiger charge is 2.13. The molecule has 0 heterocycles. The van der Waals surface area contributed by atoms with Crippen LogP contribution < -0.4 is 14.8 Å². The molecule has 3 aromatic carbocycles. The second kappa shape index (κ2) is 10.4. The van der Waals surface area contributed by atoms with Crippen LogP contribution in [0.3, 0.4) is 0 Å². The molecule has 0 bridgehead atoms. The van der Waals surface area contributed by atoms with Crippen LogP contribution in [0.1, 0.15) is 11.1 Å². The zero-order chi connectivity index (χ0) is 22.9. The molecule has 32 heavy (non-hydrogen) atoms. The van der Waals surface area contributed by atoms with Gasteiger partial charge >= 0.3 is 0 Å². The first kappa shape index (κ1) is 22.1. The Balaban J connectivity index is 1.86. The maximum atomic E-state index is 12.5. The number of rotatable bonds is 8. The summed E-state index contributed by atoms with van der Waals surface area (Å²) in [6.45, 7) is 0.0494. The van der Waals surface area contributed by atoms with E-state index in [4.69, 9.17) is 9.47 Å². The number of nitro groups is 1. The maximum absolute atomic E-state index is 12.5. The lowest BCUT2D eigenvalue weighted by Gasteiger charge is -2.12. The fourth-order valence-electron chi connectivity index (χ4n) is 2.83. The van der Waals surface area contributed by atoms with Gasteiger partial charge in [0.1, 0.15) is 29.7 Å². The number of amides is 1. The molecule has 0 spiro atoms. The smallest absolute Gasteiger partial charge is 0.269 e. The average Bonchev–Trinajstić information content (AvgIpc) is 2.82. The molecule has 160 valence electrons. The summed E-state index contributed by atoms with van der Waals surface area (Å²) in [6.07, 6.45) is 1.42. The molecule has 0 aliphatic heterocycles. The van der Waals surface area contributed by atoms with Crippen LogP contribution in [0.2, 0.25) is 0 Å². The third-order valence-corrected chi connectivity index (χ3v) is 4.43. The standard InChI is InChI=1S/C24H19N3O5/c1-31-22-11-10-18(13-19(15-25)24(28)26-20-7-3-2-4-8-20)23(14-22)32-16-17-6-5-9-21(12-17)27(29)30/h2-14H,16H2,1H3,(H,26,28)/b19-13+. The van der Waals surface area contributed by atoms with Crippen LogP contribution in [0.25, 0.3) is 6.08 Å². The van der Waals surface area contributed by atoms with Crippen LogP contribution in [-0.2, 0) is 11.4 Å². The van der Waals surface area contributed by atoms with Gasteiger partial charge in [0.15, 0.2) is 0 Å². The molecule has 0 aliphatic carbocycles. The number of para-hydroxylation sites is 1. The number of hydrogen-bond donors (Lipinski definition) is 1. The van der Waals surface area contributed by atoms with Crippen molar-refractivity contribution in [2.24, 2.45) is 0 Å². The van der Waals surface area contributed by atoms with E-state index >= 15 is 0 Å². The first-order valence-corrected chi connectivity index (χ1v) is 9.52. The third kappa shape index (κ3) is 5.70. The van der Waals surface area contributed by atoms with E-state index < -0.39 is 10.8 Å². The number of hydrogen-bond acceptors (Lipinski definition) is 6. The van der Waals surface area contributed by atoms with Gasteiger partial charge in [-0.05, 0) is 35.9 Å². The summed E-state index contributed by atoms with van der Waals surface area (Å²) in [5, 5.41) is 23.2. The number of ether oxygens (including phenoxy) is 2. The fraction of sp³-hybridized carbons (Fsp3) is 0.0833.